The molecule has 2 N–H and O–H groups in total. The van der Waals surface area contributed by atoms with E-state index in [1.54, 1.807) is 13.1 Å². The molecule has 0 radical (unpaired) electrons. The van der Waals surface area contributed by atoms with Crippen LogP contribution in [0.1, 0.15) is 17.5 Å². The van der Waals surface area contributed by atoms with Gasteiger partial charge in [0, 0.05) is 48.4 Å². The molecule has 27 heavy (non-hydrogen) atoms. The molecule has 1 unspecified atom stereocenters. The van der Waals surface area contributed by atoms with Crippen LogP contribution in [0.2, 0.25) is 0 Å². The van der Waals surface area contributed by atoms with E-state index >= 15 is 0 Å². The second-order valence-electron chi connectivity index (χ2n) is 6.40. The number of aliphatic imine (C=N–C) groups is 1. The molecule has 0 amide bonds. The van der Waals surface area contributed by atoms with Crippen LogP contribution in [0.3, 0.4) is 0 Å². The molecule has 3 rings (SSSR count). The van der Waals surface area contributed by atoms with Crippen molar-refractivity contribution in [3.63, 3.8) is 0 Å². The van der Waals surface area contributed by atoms with E-state index in [-0.39, 0.29) is 18.4 Å². The van der Waals surface area contributed by atoms with E-state index in [1.807, 2.05) is 18.2 Å². The maximum absolute atomic E-state index is 13.9. The first-order valence-corrected chi connectivity index (χ1v) is 9.54. The zero-order chi connectivity index (χ0) is 19.2. The third-order valence-corrected chi connectivity index (χ3v) is 5.09. The summed E-state index contributed by atoms with van der Waals surface area (Å²) in [5.74, 6) is 0.290. The third-order valence-electron chi connectivity index (χ3n) is 4.57. The Hall–Kier alpha value is -2.59. The number of nitrogens with one attached hydrogen (secondary N) is 2. The van der Waals surface area contributed by atoms with Gasteiger partial charge < -0.3 is 15.5 Å². The SMILES string of the molecule is CN=C(NCc1cc(C#N)ccc1F)NC1CCN(c2ccc(Br)cc2)C1. The van der Waals surface area contributed by atoms with Gasteiger partial charge in [-0.2, -0.15) is 5.26 Å². The first-order valence-electron chi connectivity index (χ1n) is 8.75. The van der Waals surface area contributed by atoms with Crippen molar-refractivity contribution in [3.8, 4) is 6.07 Å². The largest absolute Gasteiger partial charge is 0.369 e. The first-order chi connectivity index (χ1) is 13.1. The van der Waals surface area contributed by atoms with Crippen LogP contribution in [-0.4, -0.2) is 32.1 Å². The molecule has 2 aromatic rings. The lowest BCUT2D eigenvalue weighted by Crippen LogP contribution is -2.44. The van der Waals surface area contributed by atoms with Gasteiger partial charge >= 0.3 is 0 Å². The van der Waals surface area contributed by atoms with E-state index in [0.717, 1.165) is 24.0 Å². The summed E-state index contributed by atoms with van der Waals surface area (Å²) in [4.78, 5) is 6.56. The molecular formula is C20H21BrFN5. The van der Waals surface area contributed by atoms with Crippen molar-refractivity contribution >= 4 is 27.6 Å². The molecule has 7 heteroatoms. The van der Waals surface area contributed by atoms with Crippen LogP contribution >= 0.6 is 15.9 Å². The van der Waals surface area contributed by atoms with E-state index < -0.39 is 0 Å². The molecule has 1 atom stereocenters. The molecule has 1 aliphatic heterocycles. The van der Waals surface area contributed by atoms with Gasteiger partial charge in [0.25, 0.3) is 0 Å². The van der Waals surface area contributed by atoms with Crippen LogP contribution in [0.5, 0.6) is 0 Å². The second-order valence-corrected chi connectivity index (χ2v) is 7.31. The number of hydrogen-bond donors (Lipinski definition) is 2. The van der Waals surface area contributed by atoms with Crippen molar-refractivity contribution in [1.29, 1.82) is 5.26 Å². The molecule has 140 valence electrons. The van der Waals surface area contributed by atoms with Crippen LogP contribution in [0.15, 0.2) is 51.9 Å². The fourth-order valence-electron chi connectivity index (χ4n) is 3.11. The van der Waals surface area contributed by atoms with E-state index in [2.05, 4.69) is 48.6 Å². The molecule has 1 aliphatic rings. The van der Waals surface area contributed by atoms with Gasteiger partial charge in [0.15, 0.2) is 5.96 Å². The van der Waals surface area contributed by atoms with Crippen LogP contribution in [0.4, 0.5) is 10.1 Å². The Morgan fingerprint density at radius 3 is 2.81 bits per heavy atom. The van der Waals surface area contributed by atoms with Crippen molar-refractivity contribution in [2.24, 2.45) is 4.99 Å². The maximum atomic E-state index is 13.9. The van der Waals surface area contributed by atoms with Crippen molar-refractivity contribution in [1.82, 2.24) is 10.6 Å². The quantitative estimate of drug-likeness (QED) is 0.577. The minimum absolute atomic E-state index is 0.259. The number of nitrogens with zero attached hydrogens (tertiary/aromatic N) is 3. The predicted octanol–water partition coefficient (Wildman–Crippen LogP) is 3.40. The Bertz CT molecular complexity index is 860. The Morgan fingerprint density at radius 1 is 1.33 bits per heavy atom. The summed E-state index contributed by atoms with van der Waals surface area (Å²) in [5.41, 5.74) is 2.08. The topological polar surface area (TPSA) is 63.5 Å². The lowest BCUT2D eigenvalue weighted by atomic mass is 10.1. The summed E-state index contributed by atoms with van der Waals surface area (Å²) in [7, 11) is 1.69. The number of rotatable bonds is 4. The lowest BCUT2D eigenvalue weighted by Gasteiger charge is -2.20. The molecule has 1 fully saturated rings. The zero-order valence-electron chi connectivity index (χ0n) is 15.0. The van der Waals surface area contributed by atoms with Gasteiger partial charge in [0.05, 0.1) is 11.6 Å². The van der Waals surface area contributed by atoms with Gasteiger partial charge in [-0.1, -0.05) is 15.9 Å². The Morgan fingerprint density at radius 2 is 2.11 bits per heavy atom. The third kappa shape index (κ3) is 4.98. The summed E-state index contributed by atoms with van der Waals surface area (Å²) in [6, 6.07) is 14.9. The fraction of sp³-hybridized carbons (Fsp3) is 0.300. The lowest BCUT2D eigenvalue weighted by molar-refractivity contribution is 0.600. The number of hydrogen-bond acceptors (Lipinski definition) is 3. The molecule has 1 heterocycles. The number of guanidine groups is 1. The highest BCUT2D eigenvalue weighted by atomic mass is 79.9. The minimum atomic E-state index is -0.334. The molecule has 0 saturated carbocycles. The molecule has 0 aliphatic carbocycles. The number of benzene rings is 2. The number of anilines is 1. The van der Waals surface area contributed by atoms with Crippen molar-refractivity contribution < 1.29 is 4.39 Å². The Kier molecular flexibility index (Phi) is 6.30. The van der Waals surface area contributed by atoms with Crippen molar-refractivity contribution in [3.05, 3.63) is 63.9 Å². The first kappa shape index (κ1) is 19.2. The second kappa shape index (κ2) is 8.87. The van der Waals surface area contributed by atoms with E-state index in [1.165, 1.54) is 17.8 Å². The van der Waals surface area contributed by atoms with Gasteiger partial charge in [-0.15, -0.1) is 0 Å². The van der Waals surface area contributed by atoms with E-state index in [9.17, 15) is 4.39 Å². The highest BCUT2D eigenvalue weighted by Gasteiger charge is 2.23. The van der Waals surface area contributed by atoms with Crippen LogP contribution < -0.4 is 15.5 Å². The van der Waals surface area contributed by atoms with Gasteiger partial charge in [-0.05, 0) is 48.9 Å². The highest BCUT2D eigenvalue weighted by molar-refractivity contribution is 9.10. The number of halogens is 2. The van der Waals surface area contributed by atoms with Gasteiger partial charge in [-0.25, -0.2) is 4.39 Å². The summed E-state index contributed by atoms with van der Waals surface area (Å²) >= 11 is 3.46. The van der Waals surface area contributed by atoms with Crippen LogP contribution in [0, 0.1) is 17.1 Å². The smallest absolute Gasteiger partial charge is 0.191 e. The van der Waals surface area contributed by atoms with E-state index in [4.69, 9.17) is 5.26 Å². The Balaban J connectivity index is 1.55. The average Bonchev–Trinajstić information content (AvgIpc) is 3.15. The molecule has 5 nitrogen and oxygen atoms in total. The van der Waals surface area contributed by atoms with E-state index in [0.29, 0.717) is 17.1 Å². The molecule has 0 bridgehead atoms. The number of nitriles is 1. The van der Waals surface area contributed by atoms with Gasteiger partial charge in [0.2, 0.25) is 0 Å². The molecular weight excluding hydrogens is 409 g/mol. The summed E-state index contributed by atoms with van der Waals surface area (Å²) in [6.07, 6.45) is 0.995. The standard InChI is InChI=1S/C20H21BrFN5/c1-24-20(25-12-15-10-14(11-23)2-7-19(15)22)26-17-8-9-27(13-17)18-5-3-16(21)4-6-18/h2-7,10,17H,8-9,12-13H2,1H3,(H2,24,25,26). The average molecular weight is 430 g/mol. The zero-order valence-corrected chi connectivity index (χ0v) is 16.6. The van der Waals surface area contributed by atoms with Crippen LogP contribution in [0.25, 0.3) is 0 Å². The molecule has 2 aromatic carbocycles. The van der Waals surface area contributed by atoms with Gasteiger partial charge in [0.1, 0.15) is 5.82 Å². The fourth-order valence-corrected chi connectivity index (χ4v) is 3.38. The summed E-state index contributed by atoms with van der Waals surface area (Å²) in [5, 5.41) is 15.5. The van der Waals surface area contributed by atoms with Crippen molar-refractivity contribution in [2.75, 3.05) is 25.0 Å². The molecule has 1 saturated heterocycles. The normalized spacial score (nSPS) is 16.9. The maximum Gasteiger partial charge on any atom is 0.191 e. The Labute approximate surface area is 167 Å². The molecule has 0 spiro atoms. The van der Waals surface area contributed by atoms with Gasteiger partial charge in [-0.3, -0.25) is 4.99 Å². The summed E-state index contributed by atoms with van der Waals surface area (Å²) < 4.78 is 15.0. The van der Waals surface area contributed by atoms with Crippen molar-refractivity contribution in [2.45, 2.75) is 19.0 Å². The summed E-state index contributed by atoms with van der Waals surface area (Å²) in [6.45, 7) is 2.11. The predicted molar refractivity (Wildman–Crippen MR) is 109 cm³/mol. The molecule has 0 aromatic heterocycles. The minimum Gasteiger partial charge on any atom is -0.369 e. The van der Waals surface area contributed by atoms with Crippen LogP contribution in [-0.2, 0) is 6.54 Å². The highest BCUT2D eigenvalue weighted by Crippen LogP contribution is 2.22. The monoisotopic (exact) mass is 429 g/mol.